The third-order valence-corrected chi connectivity index (χ3v) is 6.36. The molecule has 0 bridgehead atoms. The van der Waals surface area contributed by atoms with Gasteiger partial charge in [-0.15, -0.1) is 0 Å². The van der Waals surface area contributed by atoms with Gasteiger partial charge in [-0.05, 0) is 29.1 Å². The van der Waals surface area contributed by atoms with Gasteiger partial charge in [-0.25, -0.2) is 4.98 Å². The van der Waals surface area contributed by atoms with Crippen molar-refractivity contribution >= 4 is 33.4 Å². The average Bonchev–Trinajstić information content (AvgIpc) is 3.19. The fourth-order valence-corrected chi connectivity index (χ4v) is 4.82. The number of rotatable bonds is 5. The Kier molecular flexibility index (Phi) is 4.74. The van der Waals surface area contributed by atoms with Crippen molar-refractivity contribution < 1.29 is 19.1 Å². The topological polar surface area (TPSA) is 91.5 Å². The SMILES string of the molecule is COc1cc(-c2nc3c(ccc4ccccc43)c3c2-c2ccccc2C3=O)ccc1OCC(N)=O. The molecule has 0 radical (unpaired) electrons. The summed E-state index contributed by atoms with van der Waals surface area (Å²) in [5, 5.41) is 2.86. The van der Waals surface area contributed by atoms with E-state index in [1.165, 1.54) is 7.11 Å². The lowest BCUT2D eigenvalue weighted by atomic mass is 9.94. The molecule has 2 N–H and O–H groups in total. The van der Waals surface area contributed by atoms with Crippen LogP contribution in [0.3, 0.4) is 0 Å². The lowest BCUT2D eigenvalue weighted by Gasteiger charge is -2.15. The first-order valence-corrected chi connectivity index (χ1v) is 11.2. The van der Waals surface area contributed by atoms with Crippen LogP contribution in [-0.2, 0) is 4.79 Å². The van der Waals surface area contributed by atoms with Gasteiger partial charge in [0.2, 0.25) is 0 Å². The van der Waals surface area contributed by atoms with Crippen molar-refractivity contribution in [3.8, 4) is 33.9 Å². The number of amides is 1. The number of primary amides is 1. The second kappa shape index (κ2) is 7.95. The second-order valence-electron chi connectivity index (χ2n) is 8.39. The predicted molar refractivity (Wildman–Crippen MR) is 135 cm³/mol. The van der Waals surface area contributed by atoms with Crippen molar-refractivity contribution in [1.29, 1.82) is 0 Å². The number of carbonyl (C=O) groups excluding carboxylic acids is 2. The second-order valence-corrected chi connectivity index (χ2v) is 8.39. The highest BCUT2D eigenvalue weighted by atomic mass is 16.5. The Hall–Kier alpha value is -4.71. The van der Waals surface area contributed by atoms with Crippen LogP contribution in [0.15, 0.2) is 78.9 Å². The maximum atomic E-state index is 13.6. The zero-order chi connectivity index (χ0) is 24.1. The Morgan fingerprint density at radius 3 is 2.43 bits per heavy atom. The van der Waals surface area contributed by atoms with Gasteiger partial charge >= 0.3 is 0 Å². The number of carbonyl (C=O) groups is 2. The van der Waals surface area contributed by atoms with Crippen LogP contribution in [-0.4, -0.2) is 30.4 Å². The Balaban J connectivity index is 1.67. The van der Waals surface area contributed by atoms with E-state index in [4.69, 9.17) is 20.2 Å². The fourth-order valence-electron chi connectivity index (χ4n) is 4.82. The van der Waals surface area contributed by atoms with Gasteiger partial charge in [0, 0.05) is 33.0 Å². The Labute approximate surface area is 200 Å². The lowest BCUT2D eigenvalue weighted by molar-refractivity contribution is -0.119. The van der Waals surface area contributed by atoms with Crippen LogP contribution in [0.25, 0.3) is 44.1 Å². The maximum absolute atomic E-state index is 13.6. The first-order valence-electron chi connectivity index (χ1n) is 11.2. The Bertz CT molecular complexity index is 1690. The van der Waals surface area contributed by atoms with E-state index in [0.717, 1.165) is 38.4 Å². The average molecular weight is 460 g/mol. The Morgan fingerprint density at radius 2 is 1.63 bits per heavy atom. The van der Waals surface area contributed by atoms with Crippen LogP contribution in [0.2, 0.25) is 0 Å². The van der Waals surface area contributed by atoms with Crippen molar-refractivity contribution in [3.05, 3.63) is 90.0 Å². The summed E-state index contributed by atoms with van der Waals surface area (Å²) in [6.07, 6.45) is 0. The normalized spacial score (nSPS) is 12.0. The summed E-state index contributed by atoms with van der Waals surface area (Å²) < 4.78 is 11.0. The van der Waals surface area contributed by atoms with Crippen LogP contribution in [0.4, 0.5) is 0 Å². The number of ketones is 1. The molecule has 0 saturated heterocycles. The molecule has 6 nitrogen and oxygen atoms in total. The van der Waals surface area contributed by atoms with E-state index in [0.29, 0.717) is 28.3 Å². The standard InChI is InChI=1S/C29H20N2O4/c1-34-23-14-17(11-13-22(23)35-15-24(30)32)27-25-19-8-4-5-9-20(19)29(33)26(25)21-12-10-16-6-2-3-7-18(16)28(21)31-27/h2-14H,15H2,1H3,(H2,30,32). The van der Waals surface area contributed by atoms with Crippen LogP contribution in [0.5, 0.6) is 11.5 Å². The van der Waals surface area contributed by atoms with Gasteiger partial charge in [-0.2, -0.15) is 0 Å². The minimum absolute atomic E-state index is 0.00657. The highest BCUT2D eigenvalue weighted by Gasteiger charge is 2.32. The zero-order valence-corrected chi connectivity index (χ0v) is 18.9. The van der Waals surface area contributed by atoms with Gasteiger partial charge in [-0.3, -0.25) is 9.59 Å². The first kappa shape index (κ1) is 20.9. The molecular formula is C29H20N2O4. The van der Waals surface area contributed by atoms with Gasteiger partial charge in [0.15, 0.2) is 23.9 Å². The minimum atomic E-state index is -0.577. The summed E-state index contributed by atoms with van der Waals surface area (Å²) in [5.74, 6) is 0.254. The number of aromatic nitrogens is 1. The smallest absolute Gasteiger partial charge is 0.255 e. The number of pyridine rings is 1. The monoisotopic (exact) mass is 460 g/mol. The van der Waals surface area contributed by atoms with E-state index in [-0.39, 0.29) is 12.4 Å². The molecule has 1 aliphatic rings. The molecule has 5 aromatic rings. The van der Waals surface area contributed by atoms with Crippen LogP contribution >= 0.6 is 0 Å². The fraction of sp³-hybridized carbons (Fsp3) is 0.0690. The van der Waals surface area contributed by atoms with Gasteiger partial charge in [0.25, 0.3) is 5.91 Å². The Morgan fingerprint density at radius 1 is 0.857 bits per heavy atom. The van der Waals surface area contributed by atoms with E-state index < -0.39 is 5.91 Å². The molecule has 0 unspecified atom stereocenters. The number of nitrogens with two attached hydrogens (primary N) is 1. The van der Waals surface area contributed by atoms with Crippen molar-refractivity contribution in [1.82, 2.24) is 4.98 Å². The van der Waals surface area contributed by atoms with E-state index >= 15 is 0 Å². The number of ether oxygens (including phenoxy) is 2. The van der Waals surface area contributed by atoms with Crippen molar-refractivity contribution in [2.45, 2.75) is 0 Å². The summed E-state index contributed by atoms with van der Waals surface area (Å²) in [6, 6.07) is 25.0. The zero-order valence-electron chi connectivity index (χ0n) is 18.9. The molecule has 0 atom stereocenters. The minimum Gasteiger partial charge on any atom is -0.493 e. The third-order valence-electron chi connectivity index (χ3n) is 6.36. The van der Waals surface area contributed by atoms with Crippen LogP contribution in [0, 0.1) is 0 Å². The maximum Gasteiger partial charge on any atom is 0.255 e. The number of nitrogens with zero attached hydrogens (tertiary/aromatic N) is 1. The quantitative estimate of drug-likeness (QED) is 0.360. The highest BCUT2D eigenvalue weighted by molar-refractivity contribution is 6.30. The van der Waals surface area contributed by atoms with E-state index in [1.54, 1.807) is 12.1 Å². The van der Waals surface area contributed by atoms with Gasteiger partial charge in [0.1, 0.15) is 0 Å². The molecular weight excluding hydrogens is 440 g/mol. The third kappa shape index (κ3) is 3.22. The summed E-state index contributed by atoms with van der Waals surface area (Å²) in [4.78, 5) is 29.9. The van der Waals surface area contributed by atoms with Gasteiger partial charge in [-0.1, -0.05) is 60.7 Å². The molecule has 6 rings (SSSR count). The molecule has 1 aliphatic carbocycles. The van der Waals surface area contributed by atoms with E-state index in [1.807, 2.05) is 66.7 Å². The van der Waals surface area contributed by atoms with Crippen LogP contribution in [0.1, 0.15) is 15.9 Å². The summed E-state index contributed by atoms with van der Waals surface area (Å²) in [7, 11) is 1.53. The molecule has 35 heavy (non-hydrogen) atoms. The van der Waals surface area contributed by atoms with Gasteiger partial charge < -0.3 is 15.2 Å². The number of fused-ring (bicyclic) bond motifs is 7. The molecule has 1 aromatic heterocycles. The largest absolute Gasteiger partial charge is 0.493 e. The molecule has 0 fully saturated rings. The van der Waals surface area contributed by atoms with E-state index in [9.17, 15) is 9.59 Å². The molecule has 4 aromatic carbocycles. The molecule has 170 valence electrons. The summed E-state index contributed by atoms with van der Waals surface area (Å²) in [6.45, 7) is -0.257. The van der Waals surface area contributed by atoms with Gasteiger partial charge in [0.05, 0.1) is 18.3 Å². The predicted octanol–water partition coefficient (Wildman–Crippen LogP) is 5.14. The number of methoxy groups -OCH3 is 1. The van der Waals surface area contributed by atoms with Crippen molar-refractivity contribution in [2.24, 2.45) is 5.73 Å². The lowest BCUT2D eigenvalue weighted by Crippen LogP contribution is -2.20. The number of hydrogen-bond acceptors (Lipinski definition) is 5. The molecule has 6 heteroatoms. The first-order chi connectivity index (χ1) is 17.1. The molecule has 0 aliphatic heterocycles. The molecule has 0 saturated carbocycles. The van der Waals surface area contributed by atoms with Crippen molar-refractivity contribution in [3.63, 3.8) is 0 Å². The summed E-state index contributed by atoms with van der Waals surface area (Å²) in [5.41, 5.74) is 10.4. The number of hydrogen-bond donors (Lipinski definition) is 1. The molecule has 0 spiro atoms. The molecule has 1 amide bonds. The highest BCUT2D eigenvalue weighted by Crippen LogP contribution is 2.47. The number of benzene rings is 4. The van der Waals surface area contributed by atoms with Crippen LogP contribution < -0.4 is 15.2 Å². The van der Waals surface area contributed by atoms with E-state index in [2.05, 4.69) is 0 Å². The van der Waals surface area contributed by atoms with Crippen molar-refractivity contribution in [2.75, 3.05) is 13.7 Å². The molecule has 1 heterocycles. The summed E-state index contributed by atoms with van der Waals surface area (Å²) >= 11 is 0.